The summed E-state index contributed by atoms with van der Waals surface area (Å²) in [6, 6.07) is 4.52. The summed E-state index contributed by atoms with van der Waals surface area (Å²) in [6.45, 7) is 3.60. The van der Waals surface area contributed by atoms with E-state index in [-0.39, 0.29) is 16.5 Å². The minimum absolute atomic E-state index is 0.0919. The highest BCUT2D eigenvalue weighted by atomic mass is 32.2. The molecule has 1 aromatic heterocycles. The number of amides is 1. The zero-order valence-electron chi connectivity index (χ0n) is 13.5. The summed E-state index contributed by atoms with van der Waals surface area (Å²) in [7, 11) is 1.61. The van der Waals surface area contributed by atoms with Crippen LogP contribution in [0, 0.1) is 6.92 Å². The van der Waals surface area contributed by atoms with E-state index in [1.807, 2.05) is 6.92 Å². The molecular formula is C15H18N3O5S+. The molecule has 2 aromatic rings. The summed E-state index contributed by atoms with van der Waals surface area (Å²) in [5.74, 6) is -1.38. The Morgan fingerprint density at radius 1 is 1.46 bits per heavy atom. The number of aromatic nitrogens is 2. The Kier molecular flexibility index (Phi) is 5.45. The van der Waals surface area contributed by atoms with Crippen molar-refractivity contribution in [2.75, 3.05) is 5.32 Å². The Morgan fingerprint density at radius 2 is 2.17 bits per heavy atom. The van der Waals surface area contributed by atoms with Crippen LogP contribution in [0.3, 0.4) is 0 Å². The minimum Gasteiger partial charge on any atom is -0.478 e. The third-order valence-corrected chi connectivity index (χ3v) is 4.91. The molecule has 1 unspecified atom stereocenters. The van der Waals surface area contributed by atoms with Gasteiger partial charge in [-0.1, -0.05) is 17.7 Å². The van der Waals surface area contributed by atoms with Gasteiger partial charge in [0.1, 0.15) is 0 Å². The van der Waals surface area contributed by atoms with Crippen molar-refractivity contribution in [1.29, 1.82) is 0 Å². The first kappa shape index (κ1) is 17.8. The van der Waals surface area contributed by atoms with E-state index in [0.29, 0.717) is 12.1 Å². The maximum Gasteiger partial charge on any atom is 0.441 e. The summed E-state index contributed by atoms with van der Waals surface area (Å²) in [4.78, 5) is 35.2. The number of aromatic carboxylic acids is 1. The fourth-order valence-corrected chi connectivity index (χ4v) is 2.95. The Balaban J connectivity index is 2.19. The van der Waals surface area contributed by atoms with Gasteiger partial charge in [-0.3, -0.25) is 9.32 Å². The van der Waals surface area contributed by atoms with Gasteiger partial charge < -0.3 is 10.4 Å². The summed E-state index contributed by atoms with van der Waals surface area (Å²) in [5.41, 5.74) is 0.733. The van der Waals surface area contributed by atoms with Crippen LogP contribution in [0.4, 0.5) is 5.69 Å². The number of thioether (sulfide) groups is 1. The fourth-order valence-electron chi connectivity index (χ4n) is 2.02. The molecule has 0 radical (unpaired) electrons. The Morgan fingerprint density at radius 3 is 2.71 bits per heavy atom. The number of hydrogen-bond acceptors (Lipinski definition) is 5. The monoisotopic (exact) mass is 352 g/mol. The van der Waals surface area contributed by atoms with Gasteiger partial charge in [0.25, 0.3) is 0 Å². The molecule has 2 rings (SSSR count). The van der Waals surface area contributed by atoms with E-state index in [1.165, 1.54) is 16.8 Å². The number of aromatic amines is 1. The maximum absolute atomic E-state index is 12.5. The second-order valence-corrected chi connectivity index (χ2v) is 6.38. The number of hydrogen-bond donors (Lipinski definition) is 3. The lowest BCUT2D eigenvalue weighted by molar-refractivity contribution is -0.772. The van der Waals surface area contributed by atoms with E-state index in [1.54, 1.807) is 20.0 Å². The number of carboxylic acid groups (broad SMARTS) is 1. The van der Waals surface area contributed by atoms with E-state index in [2.05, 4.69) is 15.1 Å². The van der Waals surface area contributed by atoms with Crippen molar-refractivity contribution in [2.24, 2.45) is 7.05 Å². The fraction of sp³-hybridized carbons (Fsp3) is 0.333. The Bertz CT molecular complexity index is 827. The zero-order valence-corrected chi connectivity index (χ0v) is 14.3. The molecule has 1 atom stereocenters. The molecule has 128 valence electrons. The van der Waals surface area contributed by atoms with Crippen LogP contribution in [-0.4, -0.2) is 27.5 Å². The third-order valence-electron chi connectivity index (χ3n) is 3.41. The number of carbonyl (C=O) groups excluding carboxylic acids is 1. The average molecular weight is 352 g/mol. The lowest BCUT2D eigenvalue weighted by Crippen LogP contribution is -2.35. The first-order valence-electron chi connectivity index (χ1n) is 7.22. The number of nitrogens with zero attached hydrogens (tertiary/aromatic N) is 1. The predicted molar refractivity (Wildman–Crippen MR) is 87.2 cm³/mol. The minimum atomic E-state index is -1.07. The molecular weight excluding hydrogens is 334 g/mol. The maximum atomic E-state index is 12.5. The largest absolute Gasteiger partial charge is 0.478 e. The molecule has 0 aliphatic carbocycles. The van der Waals surface area contributed by atoms with Crippen LogP contribution in [0.25, 0.3) is 0 Å². The van der Waals surface area contributed by atoms with Crippen LogP contribution in [-0.2, 0) is 11.8 Å². The van der Waals surface area contributed by atoms with Crippen molar-refractivity contribution in [1.82, 2.24) is 5.27 Å². The normalized spacial score (nSPS) is 12.0. The Labute approximate surface area is 141 Å². The van der Waals surface area contributed by atoms with Crippen LogP contribution < -0.4 is 15.6 Å². The molecule has 9 heteroatoms. The van der Waals surface area contributed by atoms with E-state index in [9.17, 15) is 14.4 Å². The van der Waals surface area contributed by atoms with E-state index >= 15 is 0 Å². The quantitative estimate of drug-likeness (QED) is 0.533. The number of aryl methyl sites for hydroxylation is 2. The molecule has 0 aliphatic heterocycles. The molecule has 8 nitrogen and oxygen atoms in total. The summed E-state index contributed by atoms with van der Waals surface area (Å²) < 4.78 is 6.07. The molecule has 0 bridgehead atoms. The van der Waals surface area contributed by atoms with Gasteiger partial charge in [-0.15, -0.1) is 0 Å². The first-order chi connectivity index (χ1) is 11.3. The molecule has 1 amide bonds. The molecule has 0 saturated heterocycles. The smallest absolute Gasteiger partial charge is 0.441 e. The number of carbonyl (C=O) groups is 2. The Hall–Kier alpha value is -2.55. The van der Waals surface area contributed by atoms with E-state index in [0.717, 1.165) is 17.3 Å². The standard InChI is InChI=1S/C15H17N3O5S/c1-4-11(24-13-15(22)23-17-18(13)3)12(19)16-10-7-9(14(20)21)6-5-8(10)2/h5-7,11H,4H2,1-3H3,(H2-,16,17,19,20,21,22)/p+1. The number of anilines is 1. The van der Waals surface area contributed by atoms with Crippen molar-refractivity contribution >= 4 is 29.3 Å². The highest BCUT2D eigenvalue weighted by molar-refractivity contribution is 8.00. The lowest BCUT2D eigenvalue weighted by Gasteiger charge is -2.14. The van der Waals surface area contributed by atoms with Gasteiger partial charge >= 0.3 is 16.6 Å². The molecule has 0 fully saturated rings. The van der Waals surface area contributed by atoms with Crippen LogP contribution in [0.5, 0.6) is 0 Å². The second-order valence-electron chi connectivity index (χ2n) is 5.18. The molecule has 0 aliphatic rings. The summed E-state index contributed by atoms with van der Waals surface area (Å²) in [5, 5.41) is 13.9. The van der Waals surface area contributed by atoms with Crippen LogP contribution in [0.15, 0.2) is 32.5 Å². The number of rotatable bonds is 6. The van der Waals surface area contributed by atoms with Gasteiger partial charge in [0.05, 0.1) is 10.8 Å². The summed E-state index contributed by atoms with van der Waals surface area (Å²) >= 11 is 1.09. The lowest BCUT2D eigenvalue weighted by atomic mass is 10.1. The predicted octanol–water partition coefficient (Wildman–Crippen LogP) is 1.31. The third kappa shape index (κ3) is 3.85. The first-order valence-corrected chi connectivity index (χ1v) is 8.10. The van der Waals surface area contributed by atoms with Gasteiger partial charge in [0, 0.05) is 5.69 Å². The number of H-pyrrole nitrogens is 1. The second kappa shape index (κ2) is 7.35. The van der Waals surface area contributed by atoms with Gasteiger partial charge in [0.15, 0.2) is 7.05 Å². The van der Waals surface area contributed by atoms with Gasteiger partial charge in [0.2, 0.25) is 5.91 Å². The van der Waals surface area contributed by atoms with Gasteiger partial charge in [-0.2, -0.15) is 0 Å². The number of nitrogens with one attached hydrogen (secondary N) is 2. The summed E-state index contributed by atoms with van der Waals surface area (Å²) in [6.07, 6.45) is 0.485. The highest BCUT2D eigenvalue weighted by Crippen LogP contribution is 2.23. The van der Waals surface area contributed by atoms with E-state index < -0.39 is 16.8 Å². The van der Waals surface area contributed by atoms with Gasteiger partial charge in [-0.25, -0.2) is 9.59 Å². The molecule has 1 aromatic carbocycles. The van der Waals surface area contributed by atoms with Crippen molar-refractivity contribution in [2.45, 2.75) is 30.5 Å². The SMILES string of the molecule is CCC(Sc1c(=O)o[nH][n+]1C)C(=O)Nc1cc(C(=O)O)ccc1C. The molecule has 3 N–H and O–H groups in total. The van der Waals surface area contributed by atoms with Crippen molar-refractivity contribution < 1.29 is 23.9 Å². The van der Waals surface area contributed by atoms with Gasteiger partial charge in [-0.05, 0) is 48.1 Å². The molecule has 24 heavy (non-hydrogen) atoms. The van der Waals surface area contributed by atoms with Crippen LogP contribution >= 0.6 is 11.8 Å². The van der Waals surface area contributed by atoms with E-state index in [4.69, 9.17) is 5.11 Å². The molecule has 0 saturated carbocycles. The van der Waals surface area contributed by atoms with Crippen molar-refractivity contribution in [3.63, 3.8) is 0 Å². The number of benzene rings is 1. The average Bonchev–Trinajstić information content (AvgIpc) is 2.85. The highest BCUT2D eigenvalue weighted by Gasteiger charge is 2.27. The van der Waals surface area contributed by atoms with Crippen LogP contribution in [0.1, 0.15) is 29.3 Å². The van der Waals surface area contributed by atoms with Crippen molar-refractivity contribution in [3.05, 3.63) is 39.7 Å². The topological polar surface area (TPSA) is 116 Å². The van der Waals surface area contributed by atoms with Crippen molar-refractivity contribution in [3.8, 4) is 0 Å². The number of carboxylic acids is 1. The molecule has 0 spiro atoms. The molecule has 1 heterocycles. The zero-order chi connectivity index (χ0) is 17.9. The van der Waals surface area contributed by atoms with Crippen LogP contribution in [0.2, 0.25) is 0 Å².